The van der Waals surface area contributed by atoms with E-state index < -0.39 is 0 Å². The van der Waals surface area contributed by atoms with E-state index >= 15 is 0 Å². The first-order valence-electron chi connectivity index (χ1n) is 5.24. The van der Waals surface area contributed by atoms with Gasteiger partial charge in [0.1, 0.15) is 0 Å². The maximum absolute atomic E-state index is 6.30. The van der Waals surface area contributed by atoms with Gasteiger partial charge in [-0.15, -0.1) is 0 Å². The molecule has 0 fully saturated rings. The van der Waals surface area contributed by atoms with Gasteiger partial charge in [-0.05, 0) is 40.7 Å². The van der Waals surface area contributed by atoms with E-state index in [0.29, 0.717) is 0 Å². The highest BCUT2D eigenvalue weighted by atomic mass is 79.9. The van der Waals surface area contributed by atoms with E-state index in [0.717, 1.165) is 20.8 Å². The van der Waals surface area contributed by atoms with Crippen LogP contribution in [0.2, 0.25) is 5.02 Å². The zero-order chi connectivity index (χ0) is 12.4. The molecule has 0 bridgehead atoms. The van der Waals surface area contributed by atoms with Crippen molar-refractivity contribution in [3.05, 3.63) is 51.2 Å². The first-order chi connectivity index (χ1) is 8.13. The molecule has 0 saturated carbocycles. The molecule has 1 heterocycles. The molecule has 0 spiro atoms. The summed E-state index contributed by atoms with van der Waals surface area (Å²) >= 11 is 9.74. The van der Waals surface area contributed by atoms with Crippen LogP contribution in [0.1, 0.15) is 17.3 Å². The maximum Gasteiger partial charge on any atom is 0.0839 e. The zero-order valence-electron chi connectivity index (χ0n) is 9.61. The second kappa shape index (κ2) is 5.21. The Morgan fingerprint density at radius 3 is 2.76 bits per heavy atom. The fraction of sp³-hybridized carbons (Fsp3) is 0.250. The number of nitrogens with one attached hydrogen (secondary N) is 1. The van der Waals surface area contributed by atoms with E-state index in [1.54, 1.807) is 4.68 Å². The summed E-state index contributed by atoms with van der Waals surface area (Å²) < 4.78 is 2.68. The first-order valence-corrected chi connectivity index (χ1v) is 6.41. The molecule has 90 valence electrons. The van der Waals surface area contributed by atoms with E-state index in [2.05, 4.69) is 26.3 Å². The third-order valence-corrected chi connectivity index (χ3v) is 3.92. The fourth-order valence-corrected chi connectivity index (χ4v) is 2.41. The van der Waals surface area contributed by atoms with Crippen molar-refractivity contribution in [3.8, 4) is 0 Å². The molecule has 0 saturated heterocycles. The minimum atomic E-state index is 0.00111. The Labute approximate surface area is 114 Å². The molecule has 1 unspecified atom stereocenters. The van der Waals surface area contributed by atoms with Gasteiger partial charge in [-0.1, -0.05) is 23.7 Å². The normalized spacial score (nSPS) is 12.7. The molecule has 2 rings (SSSR count). The maximum atomic E-state index is 6.30. The van der Waals surface area contributed by atoms with Crippen molar-refractivity contribution in [2.24, 2.45) is 7.05 Å². The quantitative estimate of drug-likeness (QED) is 0.943. The molecule has 1 atom stereocenters. The second-order valence-electron chi connectivity index (χ2n) is 3.78. The van der Waals surface area contributed by atoms with Crippen LogP contribution in [0.4, 0.5) is 0 Å². The average molecular weight is 315 g/mol. The summed E-state index contributed by atoms with van der Waals surface area (Å²) in [6.07, 6.45) is 1.92. The molecule has 5 heteroatoms. The lowest BCUT2D eigenvalue weighted by Crippen LogP contribution is -2.19. The third-order valence-electron chi connectivity index (χ3n) is 2.61. The third kappa shape index (κ3) is 2.54. The predicted molar refractivity (Wildman–Crippen MR) is 73.3 cm³/mol. The van der Waals surface area contributed by atoms with E-state index in [9.17, 15) is 0 Å². The van der Waals surface area contributed by atoms with Crippen LogP contribution in [0, 0.1) is 0 Å². The van der Waals surface area contributed by atoms with Gasteiger partial charge in [-0.3, -0.25) is 4.68 Å². The van der Waals surface area contributed by atoms with Crippen LogP contribution in [0.15, 0.2) is 34.9 Å². The molecule has 0 radical (unpaired) electrons. The Bertz CT molecular complexity index is 524. The molecule has 1 aromatic heterocycles. The molecule has 3 nitrogen and oxygen atoms in total. The lowest BCUT2D eigenvalue weighted by Gasteiger charge is -2.16. The van der Waals surface area contributed by atoms with Gasteiger partial charge in [0.25, 0.3) is 0 Å². The molecule has 2 aromatic rings. The Balaban J connectivity index is 2.45. The standard InChI is InChI=1S/C12H13BrClN3/c1-15-12(10-6-7-17(2)16-10)8-4-3-5-9(13)11(8)14/h3-7,12,15H,1-2H3. The van der Waals surface area contributed by atoms with Crippen LogP contribution < -0.4 is 5.32 Å². The zero-order valence-corrected chi connectivity index (χ0v) is 12.0. The Hall–Kier alpha value is -0.840. The van der Waals surface area contributed by atoms with Crippen molar-refractivity contribution >= 4 is 27.5 Å². The average Bonchev–Trinajstić information content (AvgIpc) is 2.72. The molecule has 0 aliphatic rings. The molecule has 0 aliphatic carbocycles. The van der Waals surface area contributed by atoms with E-state index in [-0.39, 0.29) is 6.04 Å². The number of nitrogens with zero attached hydrogens (tertiary/aromatic N) is 2. The minimum Gasteiger partial charge on any atom is -0.308 e. The summed E-state index contributed by atoms with van der Waals surface area (Å²) in [7, 11) is 3.80. The molecule has 0 aliphatic heterocycles. The molecule has 1 N–H and O–H groups in total. The van der Waals surface area contributed by atoms with Crippen LogP contribution >= 0.6 is 27.5 Å². The summed E-state index contributed by atoms with van der Waals surface area (Å²) in [6, 6.07) is 7.89. The number of hydrogen-bond donors (Lipinski definition) is 1. The smallest absolute Gasteiger partial charge is 0.0839 e. The van der Waals surface area contributed by atoms with Gasteiger partial charge >= 0.3 is 0 Å². The van der Waals surface area contributed by atoms with Crippen molar-refractivity contribution in [2.75, 3.05) is 7.05 Å². The van der Waals surface area contributed by atoms with Gasteiger partial charge in [-0.2, -0.15) is 5.10 Å². The number of hydrogen-bond acceptors (Lipinski definition) is 2. The lowest BCUT2D eigenvalue weighted by molar-refractivity contribution is 0.642. The summed E-state index contributed by atoms with van der Waals surface area (Å²) in [5.74, 6) is 0. The van der Waals surface area contributed by atoms with Crippen LogP contribution in [0.25, 0.3) is 0 Å². The molecule has 17 heavy (non-hydrogen) atoms. The predicted octanol–water partition coefficient (Wildman–Crippen LogP) is 3.14. The first kappa shape index (κ1) is 12.6. The van der Waals surface area contributed by atoms with Crippen molar-refractivity contribution in [1.82, 2.24) is 15.1 Å². The monoisotopic (exact) mass is 313 g/mol. The highest BCUT2D eigenvalue weighted by Crippen LogP contribution is 2.32. The molecular weight excluding hydrogens is 302 g/mol. The van der Waals surface area contributed by atoms with Crippen LogP contribution in [-0.2, 0) is 7.05 Å². The Morgan fingerprint density at radius 1 is 1.41 bits per heavy atom. The van der Waals surface area contributed by atoms with Gasteiger partial charge in [0, 0.05) is 17.7 Å². The number of aromatic nitrogens is 2. The van der Waals surface area contributed by atoms with Crippen LogP contribution in [0.5, 0.6) is 0 Å². The highest BCUT2D eigenvalue weighted by Gasteiger charge is 2.18. The van der Waals surface area contributed by atoms with Crippen molar-refractivity contribution in [1.29, 1.82) is 0 Å². The summed E-state index contributed by atoms with van der Waals surface area (Å²) in [6.45, 7) is 0. The Morgan fingerprint density at radius 2 is 2.18 bits per heavy atom. The summed E-state index contributed by atoms with van der Waals surface area (Å²) in [5.41, 5.74) is 1.97. The van der Waals surface area contributed by atoms with Gasteiger partial charge in [-0.25, -0.2) is 0 Å². The lowest BCUT2D eigenvalue weighted by atomic mass is 10.0. The van der Waals surface area contributed by atoms with Gasteiger partial charge in [0.15, 0.2) is 0 Å². The van der Waals surface area contributed by atoms with Crippen LogP contribution in [-0.4, -0.2) is 16.8 Å². The van der Waals surface area contributed by atoms with E-state index in [1.807, 2.05) is 44.6 Å². The number of rotatable bonds is 3. The SMILES string of the molecule is CNC(c1ccn(C)n1)c1cccc(Br)c1Cl. The summed E-state index contributed by atoms with van der Waals surface area (Å²) in [4.78, 5) is 0. The Kier molecular flexibility index (Phi) is 3.86. The van der Waals surface area contributed by atoms with E-state index in [4.69, 9.17) is 11.6 Å². The van der Waals surface area contributed by atoms with Crippen molar-refractivity contribution < 1.29 is 0 Å². The van der Waals surface area contributed by atoms with Gasteiger partial charge in [0.05, 0.1) is 16.8 Å². The summed E-state index contributed by atoms with van der Waals surface area (Å²) in [5, 5.41) is 8.36. The minimum absolute atomic E-state index is 0.00111. The largest absolute Gasteiger partial charge is 0.308 e. The fourth-order valence-electron chi connectivity index (χ4n) is 1.79. The highest BCUT2D eigenvalue weighted by molar-refractivity contribution is 9.10. The van der Waals surface area contributed by atoms with Crippen molar-refractivity contribution in [2.45, 2.75) is 6.04 Å². The van der Waals surface area contributed by atoms with Gasteiger partial charge in [0.2, 0.25) is 0 Å². The molecule has 0 amide bonds. The van der Waals surface area contributed by atoms with Crippen molar-refractivity contribution in [3.63, 3.8) is 0 Å². The van der Waals surface area contributed by atoms with Gasteiger partial charge < -0.3 is 5.32 Å². The number of halogens is 2. The number of benzene rings is 1. The molecule has 1 aromatic carbocycles. The number of aryl methyl sites for hydroxylation is 1. The molecular formula is C12H13BrClN3. The topological polar surface area (TPSA) is 29.9 Å². The van der Waals surface area contributed by atoms with Crippen LogP contribution in [0.3, 0.4) is 0 Å². The van der Waals surface area contributed by atoms with E-state index in [1.165, 1.54) is 0 Å². The second-order valence-corrected chi connectivity index (χ2v) is 5.01.